The van der Waals surface area contributed by atoms with Gasteiger partial charge in [0.1, 0.15) is 9.84 Å². The maximum absolute atomic E-state index is 11.5. The molecule has 17 heavy (non-hydrogen) atoms. The maximum atomic E-state index is 11.5. The highest BCUT2D eigenvalue weighted by molar-refractivity contribution is 7.91. The molecule has 0 aliphatic heterocycles. The van der Waals surface area contributed by atoms with E-state index in [-0.39, 0.29) is 5.75 Å². The van der Waals surface area contributed by atoms with E-state index in [4.69, 9.17) is 5.73 Å². The van der Waals surface area contributed by atoms with Crippen molar-refractivity contribution < 1.29 is 8.42 Å². The summed E-state index contributed by atoms with van der Waals surface area (Å²) in [4.78, 5) is 0. The molecule has 0 amide bonds. The molecule has 3 nitrogen and oxygen atoms in total. The zero-order valence-corrected chi connectivity index (χ0v) is 12.1. The van der Waals surface area contributed by atoms with E-state index in [1.807, 2.05) is 0 Å². The van der Waals surface area contributed by atoms with Gasteiger partial charge in [-0.3, -0.25) is 0 Å². The molecule has 4 heteroatoms. The van der Waals surface area contributed by atoms with Crippen molar-refractivity contribution in [3.63, 3.8) is 0 Å². The quantitative estimate of drug-likeness (QED) is 0.551. The minimum Gasteiger partial charge on any atom is -0.330 e. The molecule has 0 radical (unpaired) electrons. The molecule has 0 aliphatic carbocycles. The van der Waals surface area contributed by atoms with Crippen molar-refractivity contribution in [3.8, 4) is 0 Å². The standard InChI is InChI=1S/C13H29NO2S/c1-2-3-4-5-6-7-8-9-12-17(15,16)13-10-11-14/h2-14H2,1H3. The van der Waals surface area contributed by atoms with Crippen LogP contribution in [0, 0.1) is 0 Å². The summed E-state index contributed by atoms with van der Waals surface area (Å²) in [6.45, 7) is 2.68. The van der Waals surface area contributed by atoms with Gasteiger partial charge in [-0.2, -0.15) is 0 Å². The monoisotopic (exact) mass is 263 g/mol. The average Bonchev–Trinajstić information content (AvgIpc) is 2.30. The van der Waals surface area contributed by atoms with E-state index in [2.05, 4.69) is 6.92 Å². The predicted octanol–water partition coefficient (Wildman–Crippen LogP) is 2.89. The molecule has 2 N–H and O–H groups in total. The first-order valence-corrected chi connectivity index (χ1v) is 8.85. The van der Waals surface area contributed by atoms with Crippen molar-refractivity contribution >= 4 is 9.84 Å². The first-order valence-electron chi connectivity index (χ1n) is 7.03. The molecule has 0 bridgehead atoms. The van der Waals surface area contributed by atoms with Crippen LogP contribution in [-0.2, 0) is 9.84 Å². The summed E-state index contributed by atoms with van der Waals surface area (Å²) < 4.78 is 23.0. The Labute approximate surface area is 107 Å². The van der Waals surface area contributed by atoms with Crippen LogP contribution in [0.15, 0.2) is 0 Å². The second kappa shape index (κ2) is 11.0. The molecule has 0 heterocycles. The third-order valence-electron chi connectivity index (χ3n) is 2.97. The highest BCUT2D eigenvalue weighted by Gasteiger charge is 2.08. The van der Waals surface area contributed by atoms with Gasteiger partial charge in [-0.05, 0) is 19.4 Å². The number of hydrogen-bond acceptors (Lipinski definition) is 3. The lowest BCUT2D eigenvalue weighted by atomic mass is 10.1. The molecule has 0 spiro atoms. The Hall–Kier alpha value is -0.0900. The van der Waals surface area contributed by atoms with Gasteiger partial charge < -0.3 is 5.73 Å². The van der Waals surface area contributed by atoms with Gasteiger partial charge in [0.25, 0.3) is 0 Å². The van der Waals surface area contributed by atoms with Crippen LogP contribution in [0.5, 0.6) is 0 Å². The van der Waals surface area contributed by atoms with Crippen molar-refractivity contribution in [2.24, 2.45) is 5.73 Å². The van der Waals surface area contributed by atoms with E-state index in [0.717, 1.165) is 12.8 Å². The molecule has 0 aliphatic rings. The van der Waals surface area contributed by atoms with Gasteiger partial charge in [0.05, 0.1) is 11.5 Å². The predicted molar refractivity (Wildman–Crippen MR) is 74.9 cm³/mol. The van der Waals surface area contributed by atoms with Crippen LogP contribution in [0.25, 0.3) is 0 Å². The molecule has 0 aromatic heterocycles. The number of rotatable bonds is 12. The lowest BCUT2D eigenvalue weighted by molar-refractivity contribution is 0.571. The second-order valence-corrected chi connectivity index (χ2v) is 7.07. The molecule has 0 atom stereocenters. The van der Waals surface area contributed by atoms with E-state index in [1.54, 1.807) is 0 Å². The minimum atomic E-state index is -2.83. The van der Waals surface area contributed by atoms with E-state index in [1.165, 1.54) is 38.5 Å². The number of sulfone groups is 1. The third kappa shape index (κ3) is 12.2. The highest BCUT2D eigenvalue weighted by Crippen LogP contribution is 2.09. The van der Waals surface area contributed by atoms with Crippen LogP contribution >= 0.6 is 0 Å². The van der Waals surface area contributed by atoms with E-state index >= 15 is 0 Å². The lowest BCUT2D eigenvalue weighted by Crippen LogP contribution is -2.14. The Balaban J connectivity index is 3.32. The largest absolute Gasteiger partial charge is 0.330 e. The fourth-order valence-corrected chi connectivity index (χ4v) is 3.32. The van der Waals surface area contributed by atoms with Crippen molar-refractivity contribution in [2.75, 3.05) is 18.1 Å². The summed E-state index contributed by atoms with van der Waals surface area (Å²) in [6.07, 6.45) is 10.1. The van der Waals surface area contributed by atoms with Crippen LogP contribution in [0.3, 0.4) is 0 Å². The Morgan fingerprint density at radius 3 is 1.76 bits per heavy atom. The van der Waals surface area contributed by atoms with Crippen LogP contribution in [0.4, 0.5) is 0 Å². The maximum Gasteiger partial charge on any atom is 0.150 e. The summed E-state index contributed by atoms with van der Waals surface area (Å²) in [7, 11) is -2.83. The van der Waals surface area contributed by atoms with Gasteiger partial charge in [0, 0.05) is 0 Å². The van der Waals surface area contributed by atoms with Gasteiger partial charge >= 0.3 is 0 Å². The Bertz CT molecular complexity index is 250. The first-order chi connectivity index (χ1) is 8.12. The van der Waals surface area contributed by atoms with Crippen molar-refractivity contribution in [1.82, 2.24) is 0 Å². The number of nitrogens with two attached hydrogens (primary N) is 1. The van der Waals surface area contributed by atoms with Crippen LogP contribution in [0.2, 0.25) is 0 Å². The summed E-state index contributed by atoms with van der Waals surface area (Å²) in [5.41, 5.74) is 5.31. The van der Waals surface area contributed by atoms with Crippen LogP contribution in [-0.4, -0.2) is 26.5 Å². The van der Waals surface area contributed by atoms with Gasteiger partial charge in [-0.1, -0.05) is 51.9 Å². The molecular formula is C13H29NO2S. The Morgan fingerprint density at radius 1 is 0.765 bits per heavy atom. The fraction of sp³-hybridized carbons (Fsp3) is 1.00. The van der Waals surface area contributed by atoms with Crippen LogP contribution in [0.1, 0.15) is 64.7 Å². The van der Waals surface area contributed by atoms with Gasteiger partial charge in [0.15, 0.2) is 0 Å². The van der Waals surface area contributed by atoms with Gasteiger partial charge in [-0.15, -0.1) is 0 Å². The number of unbranched alkanes of at least 4 members (excludes halogenated alkanes) is 7. The van der Waals surface area contributed by atoms with Crippen LogP contribution < -0.4 is 5.73 Å². The van der Waals surface area contributed by atoms with Gasteiger partial charge in [-0.25, -0.2) is 8.42 Å². The molecule has 0 unspecified atom stereocenters. The smallest absolute Gasteiger partial charge is 0.150 e. The molecule has 0 aromatic rings. The second-order valence-electron chi connectivity index (χ2n) is 4.77. The summed E-state index contributed by atoms with van der Waals surface area (Å²) in [5.74, 6) is 0.613. The average molecular weight is 263 g/mol. The van der Waals surface area contributed by atoms with E-state index in [0.29, 0.717) is 18.7 Å². The molecule has 0 aromatic carbocycles. The first kappa shape index (κ1) is 16.9. The molecule has 0 rings (SSSR count). The topological polar surface area (TPSA) is 60.2 Å². The molecule has 104 valence electrons. The SMILES string of the molecule is CCCCCCCCCCS(=O)(=O)CCCN. The third-order valence-corrected chi connectivity index (χ3v) is 4.79. The molecule has 0 saturated heterocycles. The normalized spacial score (nSPS) is 11.9. The summed E-state index contributed by atoms with van der Waals surface area (Å²) in [5, 5.41) is 0. The van der Waals surface area contributed by atoms with Crippen molar-refractivity contribution in [1.29, 1.82) is 0 Å². The Morgan fingerprint density at radius 2 is 1.24 bits per heavy atom. The molecular weight excluding hydrogens is 234 g/mol. The highest BCUT2D eigenvalue weighted by atomic mass is 32.2. The Kier molecular flexibility index (Phi) is 11.0. The van der Waals surface area contributed by atoms with Crippen molar-refractivity contribution in [3.05, 3.63) is 0 Å². The van der Waals surface area contributed by atoms with Gasteiger partial charge in [0.2, 0.25) is 0 Å². The van der Waals surface area contributed by atoms with Crippen molar-refractivity contribution in [2.45, 2.75) is 64.7 Å². The zero-order valence-electron chi connectivity index (χ0n) is 11.3. The van der Waals surface area contributed by atoms with E-state index < -0.39 is 9.84 Å². The zero-order chi connectivity index (χ0) is 13.0. The summed E-state index contributed by atoms with van der Waals surface area (Å²) in [6, 6.07) is 0. The van der Waals surface area contributed by atoms with E-state index in [9.17, 15) is 8.42 Å². The minimum absolute atomic E-state index is 0.264. The molecule has 0 fully saturated rings. The lowest BCUT2D eigenvalue weighted by Gasteiger charge is -2.03. The fourth-order valence-electron chi connectivity index (χ4n) is 1.86. The summed E-state index contributed by atoms with van der Waals surface area (Å²) >= 11 is 0. The molecule has 0 saturated carbocycles. The number of hydrogen-bond donors (Lipinski definition) is 1.